The van der Waals surface area contributed by atoms with Crippen molar-refractivity contribution < 1.29 is 8.42 Å². The molecule has 0 amide bonds. The fourth-order valence-electron chi connectivity index (χ4n) is 1.20. The molecule has 0 radical (unpaired) electrons. The summed E-state index contributed by atoms with van der Waals surface area (Å²) in [5, 5.41) is 3.70. The lowest BCUT2D eigenvalue weighted by Crippen LogP contribution is -2.10. The van der Waals surface area contributed by atoms with Crippen LogP contribution in [-0.4, -0.2) is 21.2 Å². The van der Waals surface area contributed by atoms with Crippen LogP contribution in [0, 0.1) is 0 Å². The van der Waals surface area contributed by atoms with Crippen LogP contribution in [0.1, 0.15) is 13.3 Å². The molecule has 0 fully saturated rings. The van der Waals surface area contributed by atoms with E-state index in [-0.39, 0.29) is 0 Å². The number of anilines is 2. The van der Waals surface area contributed by atoms with E-state index < -0.39 is 10.0 Å². The molecule has 1 aromatic rings. The molecule has 0 unspecified atom stereocenters. The third-order valence-corrected chi connectivity index (χ3v) is 2.77. The van der Waals surface area contributed by atoms with Gasteiger partial charge in [0.2, 0.25) is 10.0 Å². The Labute approximate surface area is 101 Å². The van der Waals surface area contributed by atoms with Gasteiger partial charge in [0.25, 0.3) is 0 Å². The van der Waals surface area contributed by atoms with Crippen molar-refractivity contribution in [2.24, 2.45) is 0 Å². The SMILES string of the molecule is CCCNc1cc(NS(C)(=O)=O)ccc1Cl. The number of hydrogen-bond donors (Lipinski definition) is 2. The average Bonchev–Trinajstić information content (AvgIpc) is 2.17. The molecule has 16 heavy (non-hydrogen) atoms. The van der Waals surface area contributed by atoms with Gasteiger partial charge in [-0.15, -0.1) is 0 Å². The minimum atomic E-state index is -3.25. The van der Waals surface area contributed by atoms with Crippen LogP contribution in [0.5, 0.6) is 0 Å². The first-order chi connectivity index (χ1) is 7.42. The molecule has 0 saturated heterocycles. The summed E-state index contributed by atoms with van der Waals surface area (Å²) >= 11 is 5.96. The van der Waals surface area contributed by atoms with Crippen molar-refractivity contribution in [1.29, 1.82) is 0 Å². The minimum Gasteiger partial charge on any atom is -0.384 e. The van der Waals surface area contributed by atoms with Crippen LogP contribution in [0.15, 0.2) is 18.2 Å². The first-order valence-corrected chi connectivity index (χ1v) is 7.20. The normalized spacial score (nSPS) is 11.2. The monoisotopic (exact) mass is 262 g/mol. The summed E-state index contributed by atoms with van der Waals surface area (Å²) in [6.45, 7) is 2.83. The van der Waals surface area contributed by atoms with Gasteiger partial charge in [0, 0.05) is 6.54 Å². The van der Waals surface area contributed by atoms with Gasteiger partial charge in [0.05, 0.1) is 22.7 Å². The van der Waals surface area contributed by atoms with Gasteiger partial charge in [-0.2, -0.15) is 0 Å². The Morgan fingerprint density at radius 3 is 2.62 bits per heavy atom. The Hall–Kier alpha value is -0.940. The molecular weight excluding hydrogens is 248 g/mol. The van der Waals surface area contributed by atoms with E-state index in [4.69, 9.17) is 11.6 Å². The predicted molar refractivity (Wildman–Crippen MR) is 68.7 cm³/mol. The lowest BCUT2D eigenvalue weighted by Gasteiger charge is -2.10. The molecule has 0 aliphatic carbocycles. The lowest BCUT2D eigenvalue weighted by atomic mass is 10.3. The molecule has 0 spiro atoms. The van der Waals surface area contributed by atoms with Gasteiger partial charge in [-0.25, -0.2) is 8.42 Å². The van der Waals surface area contributed by atoms with E-state index in [2.05, 4.69) is 10.0 Å². The molecule has 0 aromatic heterocycles. The van der Waals surface area contributed by atoms with Crippen molar-refractivity contribution in [3.63, 3.8) is 0 Å². The van der Waals surface area contributed by atoms with Crippen molar-refractivity contribution >= 4 is 33.0 Å². The Kier molecular flexibility index (Phi) is 4.44. The van der Waals surface area contributed by atoms with Crippen LogP contribution >= 0.6 is 11.6 Å². The van der Waals surface area contributed by atoms with Crippen LogP contribution in [-0.2, 0) is 10.0 Å². The molecular formula is C10H15ClN2O2S. The average molecular weight is 263 g/mol. The summed E-state index contributed by atoms with van der Waals surface area (Å²) in [4.78, 5) is 0. The summed E-state index contributed by atoms with van der Waals surface area (Å²) in [5.74, 6) is 0. The summed E-state index contributed by atoms with van der Waals surface area (Å²) < 4.78 is 24.5. The molecule has 1 aromatic carbocycles. The molecule has 2 N–H and O–H groups in total. The van der Waals surface area contributed by atoms with Gasteiger partial charge in [-0.1, -0.05) is 18.5 Å². The van der Waals surface area contributed by atoms with E-state index in [0.29, 0.717) is 10.7 Å². The Morgan fingerprint density at radius 2 is 2.06 bits per heavy atom. The zero-order valence-electron chi connectivity index (χ0n) is 9.25. The number of benzene rings is 1. The van der Waals surface area contributed by atoms with Crippen LogP contribution < -0.4 is 10.0 Å². The largest absolute Gasteiger partial charge is 0.384 e. The van der Waals surface area contributed by atoms with Gasteiger partial charge in [0.15, 0.2) is 0 Å². The molecule has 1 rings (SSSR count). The summed E-state index contributed by atoms with van der Waals surface area (Å²) in [6, 6.07) is 4.96. The van der Waals surface area contributed by atoms with E-state index in [1.807, 2.05) is 6.92 Å². The topological polar surface area (TPSA) is 58.2 Å². The number of sulfonamides is 1. The highest BCUT2D eigenvalue weighted by Crippen LogP contribution is 2.25. The highest BCUT2D eigenvalue weighted by atomic mass is 35.5. The molecule has 0 bridgehead atoms. The zero-order valence-corrected chi connectivity index (χ0v) is 10.8. The van der Waals surface area contributed by atoms with Crippen molar-refractivity contribution in [2.45, 2.75) is 13.3 Å². The van der Waals surface area contributed by atoms with Crippen LogP contribution in [0.3, 0.4) is 0 Å². The van der Waals surface area contributed by atoms with Gasteiger partial charge in [-0.05, 0) is 24.6 Å². The Bertz CT molecular complexity index is 460. The van der Waals surface area contributed by atoms with Gasteiger partial charge < -0.3 is 5.32 Å². The molecule has 0 saturated carbocycles. The Balaban J connectivity index is 2.89. The van der Waals surface area contributed by atoms with Crippen molar-refractivity contribution in [3.8, 4) is 0 Å². The fraction of sp³-hybridized carbons (Fsp3) is 0.400. The van der Waals surface area contributed by atoms with Gasteiger partial charge >= 0.3 is 0 Å². The van der Waals surface area contributed by atoms with Crippen LogP contribution in [0.25, 0.3) is 0 Å². The minimum absolute atomic E-state index is 0.505. The summed E-state index contributed by atoms with van der Waals surface area (Å²) in [5.41, 5.74) is 1.24. The smallest absolute Gasteiger partial charge is 0.229 e. The second kappa shape index (κ2) is 5.41. The number of nitrogens with one attached hydrogen (secondary N) is 2. The zero-order chi connectivity index (χ0) is 12.2. The van der Waals surface area contributed by atoms with E-state index in [9.17, 15) is 8.42 Å². The standard InChI is InChI=1S/C10H15ClN2O2S/c1-3-6-12-10-7-8(4-5-9(10)11)13-16(2,14)15/h4-5,7,12-13H,3,6H2,1-2H3. The van der Waals surface area contributed by atoms with E-state index in [1.165, 1.54) is 0 Å². The molecule has 0 atom stereocenters. The highest BCUT2D eigenvalue weighted by molar-refractivity contribution is 7.92. The number of rotatable bonds is 5. The molecule has 4 nitrogen and oxygen atoms in total. The molecule has 90 valence electrons. The Morgan fingerprint density at radius 1 is 1.38 bits per heavy atom. The third kappa shape index (κ3) is 4.28. The van der Waals surface area contributed by atoms with Crippen LogP contribution in [0.2, 0.25) is 5.02 Å². The third-order valence-electron chi connectivity index (χ3n) is 1.84. The van der Waals surface area contributed by atoms with Crippen LogP contribution in [0.4, 0.5) is 11.4 Å². The maximum Gasteiger partial charge on any atom is 0.229 e. The summed E-state index contributed by atoms with van der Waals surface area (Å²) in [7, 11) is -3.25. The molecule has 0 heterocycles. The maximum atomic E-state index is 11.0. The summed E-state index contributed by atoms with van der Waals surface area (Å²) in [6.07, 6.45) is 2.08. The van der Waals surface area contributed by atoms with Crippen molar-refractivity contribution in [3.05, 3.63) is 23.2 Å². The first kappa shape index (κ1) is 13.1. The maximum absolute atomic E-state index is 11.0. The van der Waals surface area contributed by atoms with Gasteiger partial charge in [0.1, 0.15) is 0 Å². The number of halogens is 1. The van der Waals surface area contributed by atoms with Gasteiger partial charge in [-0.3, -0.25) is 4.72 Å². The number of hydrogen-bond acceptors (Lipinski definition) is 3. The van der Waals surface area contributed by atoms with E-state index in [1.54, 1.807) is 18.2 Å². The second-order valence-corrected chi connectivity index (χ2v) is 5.65. The fourth-order valence-corrected chi connectivity index (χ4v) is 1.94. The second-order valence-electron chi connectivity index (χ2n) is 3.50. The lowest BCUT2D eigenvalue weighted by molar-refractivity contribution is 0.607. The van der Waals surface area contributed by atoms with E-state index in [0.717, 1.165) is 24.9 Å². The van der Waals surface area contributed by atoms with Crippen molar-refractivity contribution in [2.75, 3.05) is 22.8 Å². The highest BCUT2D eigenvalue weighted by Gasteiger charge is 2.05. The molecule has 0 aliphatic rings. The quantitative estimate of drug-likeness (QED) is 0.857. The molecule has 6 heteroatoms. The van der Waals surface area contributed by atoms with Crippen molar-refractivity contribution in [1.82, 2.24) is 0 Å². The van der Waals surface area contributed by atoms with E-state index >= 15 is 0 Å². The first-order valence-electron chi connectivity index (χ1n) is 4.93. The molecule has 0 aliphatic heterocycles. The predicted octanol–water partition coefficient (Wildman–Crippen LogP) is 2.53.